The number of quaternary nitrogens is 2. The maximum absolute atomic E-state index is 12.6. The van der Waals surface area contributed by atoms with Crippen LogP contribution in [0.4, 0.5) is 0 Å². The molecule has 0 aromatic rings. The van der Waals surface area contributed by atoms with E-state index in [1.54, 1.807) is 4.90 Å². The van der Waals surface area contributed by atoms with Crippen molar-refractivity contribution in [2.75, 3.05) is 39.8 Å². The van der Waals surface area contributed by atoms with E-state index in [1.807, 2.05) is 0 Å². The first-order valence-corrected chi connectivity index (χ1v) is 8.79. The Morgan fingerprint density at radius 3 is 2.29 bits per heavy atom. The number of piperazine rings is 1. The van der Waals surface area contributed by atoms with Crippen molar-refractivity contribution in [3.8, 4) is 0 Å². The molecule has 2 aliphatic carbocycles. The number of fused-ring (bicyclic) bond motifs is 2. The number of likely N-dealkylation sites (N-methyl/N-ethyl adjacent to an activating group) is 1. The van der Waals surface area contributed by atoms with Crippen LogP contribution in [-0.4, -0.2) is 51.2 Å². The Hall–Kier alpha value is -0.610. The topological polar surface area (TPSA) is 38.0 Å². The third-order valence-electron chi connectivity index (χ3n) is 7.23. The lowest BCUT2D eigenvalue weighted by Crippen LogP contribution is -3.27. The van der Waals surface area contributed by atoms with E-state index in [2.05, 4.69) is 33.1 Å². The van der Waals surface area contributed by atoms with E-state index in [4.69, 9.17) is 0 Å². The van der Waals surface area contributed by atoms with Crippen molar-refractivity contribution < 1.29 is 14.6 Å². The maximum atomic E-state index is 12.6. The van der Waals surface area contributed by atoms with Gasteiger partial charge >= 0.3 is 0 Å². The normalized spacial score (nSPS) is 44.8. The Labute approximate surface area is 129 Å². The highest BCUT2D eigenvalue weighted by molar-refractivity contribution is 5.78. The fourth-order valence-corrected chi connectivity index (χ4v) is 5.14. The molecule has 2 bridgehead atoms. The molecule has 3 atom stereocenters. The van der Waals surface area contributed by atoms with E-state index in [-0.39, 0.29) is 16.9 Å². The fraction of sp³-hybridized carbons (Fsp3) is 0.941. The number of carbonyl (C=O) groups is 1. The third kappa shape index (κ3) is 2.50. The van der Waals surface area contributed by atoms with Gasteiger partial charge in [-0.3, -0.25) is 4.79 Å². The van der Waals surface area contributed by atoms with E-state index in [9.17, 15) is 4.79 Å². The molecule has 0 aromatic carbocycles. The van der Waals surface area contributed by atoms with Gasteiger partial charge in [-0.05, 0) is 43.4 Å². The van der Waals surface area contributed by atoms with Crippen molar-refractivity contribution in [2.45, 2.75) is 45.6 Å². The largest absolute Gasteiger partial charge is 0.345 e. The highest BCUT2D eigenvalue weighted by Crippen LogP contribution is 2.61. The summed E-state index contributed by atoms with van der Waals surface area (Å²) in [7, 11) is 2.25. The molecule has 1 amide bonds. The highest BCUT2D eigenvalue weighted by Gasteiger charge is 2.60. The van der Waals surface area contributed by atoms with Crippen LogP contribution in [0.2, 0.25) is 0 Å². The zero-order valence-electron chi connectivity index (χ0n) is 14.2. The van der Waals surface area contributed by atoms with E-state index in [1.165, 1.54) is 37.3 Å². The highest BCUT2D eigenvalue weighted by atomic mass is 16.2. The fourth-order valence-electron chi connectivity index (χ4n) is 5.14. The van der Waals surface area contributed by atoms with Crippen LogP contribution in [0, 0.1) is 17.3 Å². The second kappa shape index (κ2) is 5.24. The summed E-state index contributed by atoms with van der Waals surface area (Å²) in [6.07, 6.45) is 3.97. The van der Waals surface area contributed by atoms with Crippen LogP contribution >= 0.6 is 0 Å². The van der Waals surface area contributed by atoms with Crippen molar-refractivity contribution in [1.29, 1.82) is 0 Å². The average Bonchev–Trinajstić information content (AvgIpc) is 2.96. The molecular formula is C17H33N3O+2. The molecule has 1 heterocycles. The Morgan fingerprint density at radius 2 is 1.71 bits per heavy atom. The number of carbonyl (C=O) groups excluding carboxylic acids is 1. The Kier molecular flexibility index (Phi) is 3.81. The molecule has 1 aliphatic heterocycles. The van der Waals surface area contributed by atoms with Crippen LogP contribution in [0.1, 0.15) is 40.0 Å². The predicted octanol–water partition coefficient (Wildman–Crippen LogP) is -1.27. The van der Waals surface area contributed by atoms with Crippen LogP contribution in [0.3, 0.4) is 0 Å². The molecule has 4 heteroatoms. The van der Waals surface area contributed by atoms with Crippen LogP contribution < -0.4 is 15.1 Å². The minimum atomic E-state index is 0.00423. The Balaban J connectivity index is 1.59. The van der Waals surface area contributed by atoms with Crippen molar-refractivity contribution in [3.05, 3.63) is 0 Å². The zero-order valence-corrected chi connectivity index (χ0v) is 14.2. The van der Waals surface area contributed by atoms with Crippen LogP contribution in [0.25, 0.3) is 0 Å². The summed E-state index contributed by atoms with van der Waals surface area (Å²) < 4.78 is 0. The van der Waals surface area contributed by atoms with E-state index in [0.717, 1.165) is 19.0 Å². The first-order chi connectivity index (χ1) is 9.83. The van der Waals surface area contributed by atoms with Gasteiger partial charge in [0, 0.05) is 5.54 Å². The Bertz CT molecular complexity index is 414. The molecule has 3 rings (SSSR count). The molecule has 1 saturated heterocycles. The van der Waals surface area contributed by atoms with Crippen molar-refractivity contribution >= 4 is 5.91 Å². The van der Waals surface area contributed by atoms with Gasteiger partial charge in [-0.1, -0.05) is 13.8 Å². The Morgan fingerprint density at radius 1 is 1.10 bits per heavy atom. The van der Waals surface area contributed by atoms with Crippen molar-refractivity contribution in [3.63, 3.8) is 0 Å². The summed E-state index contributed by atoms with van der Waals surface area (Å²) in [6, 6.07) is 0. The van der Waals surface area contributed by atoms with Gasteiger partial charge < -0.3 is 15.1 Å². The van der Waals surface area contributed by atoms with E-state index < -0.39 is 0 Å². The molecule has 0 radical (unpaired) electrons. The molecule has 0 unspecified atom stereocenters. The minimum Gasteiger partial charge on any atom is -0.345 e. The van der Waals surface area contributed by atoms with Crippen LogP contribution in [0.15, 0.2) is 0 Å². The second-order valence-electron chi connectivity index (χ2n) is 8.56. The zero-order chi connectivity index (χ0) is 15.3. The second-order valence-corrected chi connectivity index (χ2v) is 8.56. The molecule has 120 valence electrons. The molecule has 3 N–H and O–H groups in total. The summed E-state index contributed by atoms with van der Waals surface area (Å²) in [6.45, 7) is 12.3. The molecule has 3 fully saturated rings. The first-order valence-electron chi connectivity index (χ1n) is 8.79. The monoisotopic (exact) mass is 295 g/mol. The van der Waals surface area contributed by atoms with E-state index in [0.29, 0.717) is 12.5 Å². The molecule has 3 aliphatic rings. The van der Waals surface area contributed by atoms with Gasteiger partial charge in [0.15, 0.2) is 6.54 Å². The summed E-state index contributed by atoms with van der Waals surface area (Å²) in [5.41, 5.74) is 0.247. The van der Waals surface area contributed by atoms with Crippen LogP contribution in [-0.2, 0) is 4.79 Å². The quantitative estimate of drug-likeness (QED) is 0.597. The number of amides is 1. The average molecular weight is 295 g/mol. The van der Waals surface area contributed by atoms with Crippen molar-refractivity contribution in [1.82, 2.24) is 5.32 Å². The van der Waals surface area contributed by atoms with Gasteiger partial charge in [-0.25, -0.2) is 0 Å². The number of hydrogen-bond donors (Lipinski definition) is 3. The SMILES string of the molecule is C[NH+]1CC[NH+](CC(=O)N[C@]2(C)[C@H]3CC[C@@H](C3)C2(C)C)CC1. The molecular weight excluding hydrogens is 262 g/mol. The summed E-state index contributed by atoms with van der Waals surface area (Å²) in [4.78, 5) is 15.6. The standard InChI is InChI=1S/C17H31N3O/c1-16(2)13-5-6-14(11-13)17(16,3)18-15(21)12-20-9-7-19(4)8-10-20/h13-14H,5-12H2,1-4H3,(H,18,21)/p+2/t13-,14-,17+/m0/s1. The van der Waals surface area contributed by atoms with Gasteiger partial charge in [-0.2, -0.15) is 0 Å². The third-order valence-corrected chi connectivity index (χ3v) is 7.23. The van der Waals surface area contributed by atoms with Gasteiger partial charge in [0.05, 0.1) is 7.05 Å². The molecule has 2 saturated carbocycles. The number of hydrogen-bond acceptors (Lipinski definition) is 1. The molecule has 0 aromatic heterocycles. The number of nitrogens with one attached hydrogen (secondary N) is 3. The van der Waals surface area contributed by atoms with Crippen molar-refractivity contribution in [2.24, 2.45) is 17.3 Å². The number of rotatable bonds is 3. The minimum absolute atomic E-state index is 0.00423. The lowest BCUT2D eigenvalue weighted by atomic mass is 9.64. The molecule has 4 nitrogen and oxygen atoms in total. The van der Waals surface area contributed by atoms with Gasteiger partial charge in [0.1, 0.15) is 26.2 Å². The maximum Gasteiger partial charge on any atom is 0.275 e. The summed E-state index contributed by atoms with van der Waals surface area (Å²) in [5, 5.41) is 3.47. The predicted molar refractivity (Wildman–Crippen MR) is 83.3 cm³/mol. The van der Waals surface area contributed by atoms with Gasteiger partial charge in [-0.15, -0.1) is 0 Å². The first kappa shape index (κ1) is 15.3. The lowest BCUT2D eigenvalue weighted by molar-refractivity contribution is -1.000. The summed E-state index contributed by atoms with van der Waals surface area (Å²) in [5.74, 6) is 1.76. The molecule has 0 spiro atoms. The van der Waals surface area contributed by atoms with Gasteiger partial charge in [0.2, 0.25) is 0 Å². The van der Waals surface area contributed by atoms with Gasteiger partial charge in [0.25, 0.3) is 5.91 Å². The lowest BCUT2D eigenvalue weighted by Gasteiger charge is -2.48. The summed E-state index contributed by atoms with van der Waals surface area (Å²) >= 11 is 0. The molecule has 21 heavy (non-hydrogen) atoms. The van der Waals surface area contributed by atoms with Crippen LogP contribution in [0.5, 0.6) is 0 Å². The smallest absolute Gasteiger partial charge is 0.275 e. The van der Waals surface area contributed by atoms with E-state index >= 15 is 0 Å².